The molecular weight excluding hydrogens is 441 g/mol. The molecule has 4 rings (SSSR count). The van der Waals surface area contributed by atoms with Gasteiger partial charge >= 0.3 is 0 Å². The lowest BCUT2D eigenvalue weighted by atomic mass is 9.96. The molecule has 2 fully saturated rings. The predicted molar refractivity (Wildman–Crippen MR) is 119 cm³/mol. The summed E-state index contributed by atoms with van der Waals surface area (Å²) in [6.45, 7) is 7.39. The van der Waals surface area contributed by atoms with Crippen LogP contribution in [-0.4, -0.2) is 67.1 Å². The molecule has 1 aromatic carbocycles. The SMILES string of the molecule is CC(C)Oc1ccc(C([O-])=C2C(=O)C(=O)N(CC[NH+]3CCOCC3)C2c2ccncc2)cc1F. The summed E-state index contributed by atoms with van der Waals surface area (Å²) in [5.41, 5.74) is 0.421. The fourth-order valence-corrected chi connectivity index (χ4v) is 4.33. The molecule has 0 spiro atoms. The fourth-order valence-electron chi connectivity index (χ4n) is 4.33. The normalized spacial score (nSPS) is 20.8. The smallest absolute Gasteiger partial charge is 0.295 e. The number of ketones is 1. The van der Waals surface area contributed by atoms with Gasteiger partial charge in [-0.25, -0.2) is 4.39 Å². The van der Waals surface area contributed by atoms with Crippen LogP contribution in [0.3, 0.4) is 0 Å². The number of quaternary nitrogens is 1. The number of hydrogen-bond acceptors (Lipinski definition) is 6. The van der Waals surface area contributed by atoms with E-state index in [1.807, 2.05) is 0 Å². The molecule has 1 unspecified atom stereocenters. The molecule has 1 amide bonds. The Morgan fingerprint density at radius 2 is 1.94 bits per heavy atom. The Labute approximate surface area is 197 Å². The van der Waals surface area contributed by atoms with Gasteiger partial charge in [-0.15, -0.1) is 0 Å². The molecule has 1 aromatic heterocycles. The molecule has 2 saturated heterocycles. The Morgan fingerprint density at radius 1 is 1.24 bits per heavy atom. The number of likely N-dealkylation sites (tertiary alicyclic amines) is 1. The predicted octanol–water partition coefficient (Wildman–Crippen LogP) is 0.147. The average molecular weight is 470 g/mol. The number of benzene rings is 1. The van der Waals surface area contributed by atoms with Crippen molar-refractivity contribution in [1.82, 2.24) is 9.88 Å². The highest BCUT2D eigenvalue weighted by Gasteiger charge is 2.44. The van der Waals surface area contributed by atoms with E-state index in [2.05, 4.69) is 4.98 Å². The molecule has 180 valence electrons. The average Bonchev–Trinajstić information content (AvgIpc) is 3.09. The highest BCUT2D eigenvalue weighted by molar-refractivity contribution is 6.46. The van der Waals surface area contributed by atoms with E-state index in [-0.39, 0.29) is 23.0 Å². The molecule has 0 radical (unpaired) electrons. The summed E-state index contributed by atoms with van der Waals surface area (Å²) in [4.78, 5) is 32.8. The molecule has 3 heterocycles. The number of ether oxygens (including phenoxy) is 2. The van der Waals surface area contributed by atoms with Gasteiger partial charge in [-0.3, -0.25) is 14.6 Å². The van der Waals surface area contributed by atoms with E-state index in [9.17, 15) is 19.1 Å². The van der Waals surface area contributed by atoms with Gasteiger partial charge in [-0.05, 0) is 49.2 Å². The molecule has 1 atom stereocenters. The van der Waals surface area contributed by atoms with Crippen LogP contribution < -0.4 is 14.7 Å². The highest BCUT2D eigenvalue weighted by Crippen LogP contribution is 2.38. The summed E-state index contributed by atoms with van der Waals surface area (Å²) in [7, 11) is 0. The van der Waals surface area contributed by atoms with Gasteiger partial charge in [0.25, 0.3) is 5.91 Å². The fraction of sp³-hybridized carbons (Fsp3) is 0.400. The van der Waals surface area contributed by atoms with Gasteiger partial charge in [0.15, 0.2) is 11.6 Å². The van der Waals surface area contributed by atoms with E-state index in [4.69, 9.17) is 9.47 Å². The van der Waals surface area contributed by atoms with Gasteiger partial charge in [-0.2, -0.15) is 0 Å². The lowest BCUT2D eigenvalue weighted by molar-refractivity contribution is -0.907. The number of amides is 1. The maximum Gasteiger partial charge on any atom is 0.295 e. The number of nitrogens with one attached hydrogen (secondary N) is 1. The molecule has 0 bridgehead atoms. The minimum Gasteiger partial charge on any atom is -0.872 e. The summed E-state index contributed by atoms with van der Waals surface area (Å²) < 4.78 is 25.4. The Kier molecular flexibility index (Phi) is 7.23. The topological polar surface area (TPSA) is 96.2 Å². The van der Waals surface area contributed by atoms with E-state index in [0.29, 0.717) is 31.9 Å². The van der Waals surface area contributed by atoms with E-state index in [0.717, 1.165) is 19.2 Å². The Morgan fingerprint density at radius 3 is 2.59 bits per heavy atom. The molecule has 0 aliphatic carbocycles. The van der Waals surface area contributed by atoms with Gasteiger partial charge < -0.3 is 24.4 Å². The zero-order chi connectivity index (χ0) is 24.2. The number of rotatable bonds is 7. The van der Waals surface area contributed by atoms with Crippen molar-refractivity contribution in [3.8, 4) is 5.75 Å². The molecule has 0 saturated carbocycles. The first kappa shape index (κ1) is 23.8. The molecular formula is C25H28FN3O5. The zero-order valence-electron chi connectivity index (χ0n) is 19.3. The summed E-state index contributed by atoms with van der Waals surface area (Å²) in [6, 6.07) is 6.33. The van der Waals surface area contributed by atoms with Crippen LogP contribution in [0.25, 0.3) is 5.76 Å². The van der Waals surface area contributed by atoms with Gasteiger partial charge in [-0.1, -0.05) is 11.8 Å². The summed E-state index contributed by atoms with van der Waals surface area (Å²) in [6.07, 6.45) is 2.86. The van der Waals surface area contributed by atoms with Crippen molar-refractivity contribution in [2.45, 2.75) is 26.0 Å². The number of nitrogens with zero attached hydrogens (tertiary/aromatic N) is 2. The summed E-state index contributed by atoms with van der Waals surface area (Å²) in [5.74, 6) is -2.93. The van der Waals surface area contributed by atoms with Crippen molar-refractivity contribution in [3.05, 3.63) is 65.2 Å². The molecule has 1 N–H and O–H groups in total. The second-order valence-corrected chi connectivity index (χ2v) is 8.68. The number of Topliss-reactive ketones (excluding diaryl/α,β-unsaturated/α-hetero) is 1. The number of morpholine rings is 1. The zero-order valence-corrected chi connectivity index (χ0v) is 19.3. The van der Waals surface area contributed by atoms with Crippen molar-refractivity contribution in [2.24, 2.45) is 0 Å². The molecule has 2 aliphatic rings. The summed E-state index contributed by atoms with van der Waals surface area (Å²) >= 11 is 0. The van der Waals surface area contributed by atoms with E-state index >= 15 is 0 Å². The van der Waals surface area contributed by atoms with Crippen molar-refractivity contribution < 1.29 is 33.5 Å². The standard InChI is InChI=1S/C25H28FN3O5/c1-16(2)34-20-4-3-18(15-19(20)26)23(30)21-22(17-5-7-27-8-6-17)29(25(32)24(21)31)10-9-28-11-13-33-14-12-28/h3-8,15-16,22,30H,9-14H2,1-2H3. The van der Waals surface area contributed by atoms with Crippen molar-refractivity contribution in [1.29, 1.82) is 0 Å². The Balaban J connectivity index is 1.70. The lowest BCUT2D eigenvalue weighted by Gasteiger charge is -2.30. The monoisotopic (exact) mass is 469 g/mol. The van der Waals surface area contributed by atoms with Gasteiger partial charge in [0, 0.05) is 18.0 Å². The molecule has 9 heteroatoms. The largest absolute Gasteiger partial charge is 0.872 e. The van der Waals surface area contributed by atoms with Gasteiger partial charge in [0.05, 0.1) is 38.4 Å². The third-order valence-corrected chi connectivity index (χ3v) is 6.01. The van der Waals surface area contributed by atoms with Gasteiger partial charge in [0.1, 0.15) is 13.1 Å². The molecule has 8 nitrogen and oxygen atoms in total. The minimum absolute atomic E-state index is 0.00975. The van der Waals surface area contributed by atoms with E-state index in [1.165, 1.54) is 21.9 Å². The Hall–Kier alpha value is -3.30. The van der Waals surface area contributed by atoms with Crippen LogP contribution in [0.5, 0.6) is 5.75 Å². The van der Waals surface area contributed by atoms with E-state index in [1.54, 1.807) is 38.4 Å². The first-order valence-electron chi connectivity index (χ1n) is 11.4. The third-order valence-electron chi connectivity index (χ3n) is 6.01. The van der Waals surface area contributed by atoms with Gasteiger partial charge in [0.2, 0.25) is 5.78 Å². The first-order valence-corrected chi connectivity index (χ1v) is 11.4. The molecule has 34 heavy (non-hydrogen) atoms. The highest BCUT2D eigenvalue weighted by atomic mass is 19.1. The van der Waals surface area contributed by atoms with E-state index < -0.39 is 29.3 Å². The van der Waals surface area contributed by atoms with Crippen LogP contribution in [0, 0.1) is 5.82 Å². The number of halogens is 1. The molecule has 2 aliphatic heterocycles. The number of aromatic nitrogens is 1. The van der Waals surface area contributed by atoms with Crippen LogP contribution in [0.15, 0.2) is 48.3 Å². The maximum absolute atomic E-state index is 14.6. The number of pyridine rings is 1. The van der Waals surface area contributed by atoms with Crippen molar-refractivity contribution in [2.75, 3.05) is 39.4 Å². The third kappa shape index (κ3) is 4.95. The number of hydrogen-bond donors (Lipinski definition) is 1. The van der Waals surface area contributed by atoms with Crippen LogP contribution in [-0.2, 0) is 14.3 Å². The van der Waals surface area contributed by atoms with Crippen LogP contribution in [0.2, 0.25) is 0 Å². The first-order chi connectivity index (χ1) is 16.4. The van der Waals surface area contributed by atoms with Crippen LogP contribution in [0.4, 0.5) is 4.39 Å². The molecule has 2 aromatic rings. The lowest BCUT2D eigenvalue weighted by Crippen LogP contribution is -3.14. The van der Waals surface area contributed by atoms with Crippen molar-refractivity contribution in [3.63, 3.8) is 0 Å². The second-order valence-electron chi connectivity index (χ2n) is 8.68. The second kappa shape index (κ2) is 10.3. The summed E-state index contributed by atoms with van der Waals surface area (Å²) in [5, 5.41) is 13.4. The van der Waals surface area contributed by atoms with Crippen LogP contribution in [0.1, 0.15) is 31.0 Å². The minimum atomic E-state index is -0.856. The van der Waals surface area contributed by atoms with Crippen molar-refractivity contribution >= 4 is 17.4 Å². The number of carbonyl (C=O) groups excluding carboxylic acids is 2. The quantitative estimate of drug-likeness (QED) is 0.352. The maximum atomic E-state index is 14.6. The van der Waals surface area contributed by atoms with Crippen LogP contribution >= 0.6 is 0 Å². The Bertz CT molecular complexity index is 1080. The number of carbonyl (C=O) groups is 2.